The molecule has 0 spiro atoms. The largest absolute Gasteiger partial charge is 0.370 e. The molecule has 4 rings (SSSR count). The van der Waals surface area contributed by atoms with Crippen LogP contribution >= 0.6 is 0 Å². The molecule has 3 heterocycles. The SMILES string of the molecule is C=CC(=O)N1CCCC(Nc2nncc(Nc3ccc(N4CCOCC4=O)cc3)n2)C1. The van der Waals surface area contributed by atoms with Crippen LogP contribution in [-0.4, -0.2) is 70.8 Å². The molecular weight excluding hydrogens is 398 g/mol. The van der Waals surface area contributed by atoms with Gasteiger partial charge in [0, 0.05) is 37.1 Å². The van der Waals surface area contributed by atoms with Crippen molar-refractivity contribution in [1.82, 2.24) is 20.1 Å². The van der Waals surface area contributed by atoms with E-state index in [1.807, 2.05) is 24.3 Å². The number of morpholine rings is 1. The van der Waals surface area contributed by atoms with Crippen LogP contribution in [0.4, 0.5) is 23.1 Å². The van der Waals surface area contributed by atoms with Crippen molar-refractivity contribution in [2.24, 2.45) is 0 Å². The predicted octanol–water partition coefficient (Wildman–Crippen LogP) is 1.57. The van der Waals surface area contributed by atoms with Crippen molar-refractivity contribution in [3.63, 3.8) is 0 Å². The molecule has 0 radical (unpaired) electrons. The summed E-state index contributed by atoms with van der Waals surface area (Å²) in [6.07, 6.45) is 4.70. The summed E-state index contributed by atoms with van der Waals surface area (Å²) in [4.78, 5) is 31.8. The zero-order valence-corrected chi connectivity index (χ0v) is 17.2. The summed E-state index contributed by atoms with van der Waals surface area (Å²) >= 11 is 0. The Balaban J connectivity index is 1.38. The normalized spacial score (nSPS) is 19.1. The van der Waals surface area contributed by atoms with Crippen LogP contribution < -0.4 is 15.5 Å². The minimum Gasteiger partial charge on any atom is -0.370 e. The van der Waals surface area contributed by atoms with E-state index in [0.717, 1.165) is 30.8 Å². The maximum Gasteiger partial charge on any atom is 0.253 e. The summed E-state index contributed by atoms with van der Waals surface area (Å²) in [6, 6.07) is 7.58. The molecule has 2 fully saturated rings. The number of carbonyl (C=O) groups is 2. The molecule has 2 aromatic rings. The third kappa shape index (κ3) is 5.15. The smallest absolute Gasteiger partial charge is 0.253 e. The van der Waals surface area contributed by atoms with Gasteiger partial charge >= 0.3 is 0 Å². The Morgan fingerprint density at radius 3 is 2.87 bits per heavy atom. The van der Waals surface area contributed by atoms with E-state index >= 15 is 0 Å². The molecule has 162 valence electrons. The topological polar surface area (TPSA) is 113 Å². The minimum absolute atomic E-state index is 0.0428. The molecule has 2 amide bonds. The molecule has 1 unspecified atom stereocenters. The summed E-state index contributed by atoms with van der Waals surface area (Å²) in [7, 11) is 0. The third-order valence-corrected chi connectivity index (χ3v) is 5.24. The molecule has 0 bridgehead atoms. The fourth-order valence-electron chi connectivity index (χ4n) is 3.70. The van der Waals surface area contributed by atoms with Crippen LogP contribution in [0.1, 0.15) is 12.8 Å². The summed E-state index contributed by atoms with van der Waals surface area (Å²) in [6.45, 7) is 6.06. The fraction of sp³-hybridized carbons (Fsp3) is 0.381. The molecular formula is C21H25N7O3. The quantitative estimate of drug-likeness (QED) is 0.674. The first-order chi connectivity index (χ1) is 15.1. The van der Waals surface area contributed by atoms with E-state index in [9.17, 15) is 9.59 Å². The zero-order valence-electron chi connectivity index (χ0n) is 17.2. The minimum atomic E-state index is -0.0665. The van der Waals surface area contributed by atoms with Crippen LogP contribution in [0.15, 0.2) is 43.1 Å². The molecule has 2 N–H and O–H groups in total. The van der Waals surface area contributed by atoms with Crippen molar-refractivity contribution in [1.29, 1.82) is 0 Å². The Labute approximate surface area is 180 Å². The number of anilines is 4. The van der Waals surface area contributed by atoms with Gasteiger partial charge < -0.3 is 25.2 Å². The van der Waals surface area contributed by atoms with E-state index in [0.29, 0.717) is 31.5 Å². The van der Waals surface area contributed by atoms with E-state index in [4.69, 9.17) is 4.74 Å². The molecule has 2 saturated heterocycles. The van der Waals surface area contributed by atoms with E-state index in [1.54, 1.807) is 16.0 Å². The first kappa shape index (κ1) is 20.7. The van der Waals surface area contributed by atoms with E-state index < -0.39 is 0 Å². The van der Waals surface area contributed by atoms with Crippen LogP contribution in [0, 0.1) is 0 Å². The number of hydrogen-bond donors (Lipinski definition) is 2. The van der Waals surface area contributed by atoms with Gasteiger partial charge in [0.1, 0.15) is 6.61 Å². The lowest BCUT2D eigenvalue weighted by Gasteiger charge is -2.32. The van der Waals surface area contributed by atoms with Gasteiger partial charge in [0.15, 0.2) is 5.82 Å². The Morgan fingerprint density at radius 2 is 2.10 bits per heavy atom. The van der Waals surface area contributed by atoms with Gasteiger partial charge in [0.25, 0.3) is 5.91 Å². The van der Waals surface area contributed by atoms with Gasteiger partial charge in [-0.05, 0) is 43.2 Å². The van der Waals surface area contributed by atoms with Crippen molar-refractivity contribution in [3.05, 3.63) is 43.1 Å². The number of nitrogens with one attached hydrogen (secondary N) is 2. The van der Waals surface area contributed by atoms with Crippen molar-refractivity contribution >= 4 is 35.0 Å². The zero-order chi connectivity index (χ0) is 21.6. The number of piperidine rings is 1. The van der Waals surface area contributed by atoms with Gasteiger partial charge in [-0.25, -0.2) is 0 Å². The van der Waals surface area contributed by atoms with Gasteiger partial charge in [-0.2, -0.15) is 10.1 Å². The Hall–Kier alpha value is -3.53. The maximum absolute atomic E-state index is 12.0. The lowest BCUT2D eigenvalue weighted by Crippen LogP contribution is -2.44. The van der Waals surface area contributed by atoms with Crippen LogP contribution in [0.5, 0.6) is 0 Å². The maximum atomic E-state index is 12.0. The van der Waals surface area contributed by atoms with E-state index in [1.165, 1.54) is 6.08 Å². The highest BCUT2D eigenvalue weighted by Crippen LogP contribution is 2.22. The number of nitrogens with zero attached hydrogens (tertiary/aromatic N) is 5. The fourth-order valence-corrected chi connectivity index (χ4v) is 3.70. The number of ether oxygens (including phenoxy) is 1. The molecule has 2 aliphatic rings. The molecule has 0 saturated carbocycles. The van der Waals surface area contributed by atoms with E-state index in [2.05, 4.69) is 32.4 Å². The van der Waals surface area contributed by atoms with Gasteiger partial charge in [-0.1, -0.05) is 6.58 Å². The van der Waals surface area contributed by atoms with Gasteiger partial charge in [-0.15, -0.1) is 5.10 Å². The number of aromatic nitrogens is 3. The van der Waals surface area contributed by atoms with E-state index in [-0.39, 0.29) is 24.5 Å². The van der Waals surface area contributed by atoms with Crippen LogP contribution in [-0.2, 0) is 14.3 Å². The van der Waals surface area contributed by atoms with Gasteiger partial charge in [0.05, 0.1) is 12.8 Å². The Kier molecular flexibility index (Phi) is 6.37. The standard InChI is InChI=1S/C21H25N7O3/c1-2-19(29)27-9-3-4-16(13-27)24-21-25-18(12-22-26-21)23-15-5-7-17(8-6-15)28-10-11-31-14-20(28)30/h2,5-8,12,16H,1,3-4,9-11,13-14H2,(H2,23,24,25,26). The highest BCUT2D eigenvalue weighted by Gasteiger charge is 2.23. The number of hydrogen-bond acceptors (Lipinski definition) is 8. The lowest BCUT2D eigenvalue weighted by atomic mass is 10.1. The number of amides is 2. The van der Waals surface area contributed by atoms with Crippen molar-refractivity contribution in [2.75, 3.05) is 48.4 Å². The van der Waals surface area contributed by atoms with Crippen molar-refractivity contribution in [3.8, 4) is 0 Å². The summed E-state index contributed by atoms with van der Waals surface area (Å²) in [5.41, 5.74) is 1.65. The average Bonchev–Trinajstić information content (AvgIpc) is 2.80. The Morgan fingerprint density at radius 1 is 1.26 bits per heavy atom. The van der Waals surface area contributed by atoms with Crippen molar-refractivity contribution < 1.29 is 14.3 Å². The number of benzene rings is 1. The lowest BCUT2D eigenvalue weighted by molar-refractivity contribution is -0.127. The van der Waals surface area contributed by atoms with Crippen molar-refractivity contribution in [2.45, 2.75) is 18.9 Å². The van der Waals surface area contributed by atoms with Gasteiger partial charge in [-0.3, -0.25) is 9.59 Å². The molecule has 2 aliphatic heterocycles. The number of rotatable bonds is 6. The molecule has 31 heavy (non-hydrogen) atoms. The molecule has 1 aromatic carbocycles. The summed E-state index contributed by atoms with van der Waals surface area (Å²) in [5, 5.41) is 14.5. The average molecular weight is 423 g/mol. The first-order valence-electron chi connectivity index (χ1n) is 10.2. The highest BCUT2D eigenvalue weighted by atomic mass is 16.5. The monoisotopic (exact) mass is 423 g/mol. The van der Waals surface area contributed by atoms with Crippen LogP contribution in [0.25, 0.3) is 0 Å². The molecule has 1 aromatic heterocycles. The number of likely N-dealkylation sites (tertiary alicyclic amines) is 1. The molecule has 10 nitrogen and oxygen atoms in total. The van der Waals surface area contributed by atoms with Crippen LogP contribution in [0.3, 0.4) is 0 Å². The first-order valence-corrected chi connectivity index (χ1v) is 10.2. The summed E-state index contributed by atoms with van der Waals surface area (Å²) in [5.74, 6) is 0.836. The second kappa shape index (κ2) is 9.52. The second-order valence-electron chi connectivity index (χ2n) is 7.41. The molecule has 1 atom stereocenters. The Bertz CT molecular complexity index is 950. The highest BCUT2D eigenvalue weighted by molar-refractivity contribution is 5.95. The molecule has 0 aliphatic carbocycles. The second-order valence-corrected chi connectivity index (χ2v) is 7.41. The van der Waals surface area contributed by atoms with Gasteiger partial charge in [0.2, 0.25) is 11.9 Å². The third-order valence-electron chi connectivity index (χ3n) is 5.24. The number of carbonyl (C=O) groups excluding carboxylic acids is 2. The van der Waals surface area contributed by atoms with Crippen LogP contribution in [0.2, 0.25) is 0 Å². The summed E-state index contributed by atoms with van der Waals surface area (Å²) < 4.78 is 5.17. The molecule has 10 heteroatoms. The predicted molar refractivity (Wildman–Crippen MR) is 116 cm³/mol.